The summed E-state index contributed by atoms with van der Waals surface area (Å²) in [5.74, 6) is 0.233. The van der Waals surface area contributed by atoms with Gasteiger partial charge in [-0.2, -0.15) is 0 Å². The molecule has 0 saturated carbocycles. The minimum absolute atomic E-state index is 0.0237. The molecule has 0 aliphatic rings. The maximum Gasteiger partial charge on any atom is 0.254 e. The molecule has 0 atom stereocenters. The fourth-order valence-electron chi connectivity index (χ4n) is 0.903. The van der Waals surface area contributed by atoms with Gasteiger partial charge in [-0.25, -0.2) is 4.98 Å². The zero-order valence-electron chi connectivity index (χ0n) is 7.42. The zero-order chi connectivity index (χ0) is 9.14. The molecule has 1 heterocycles. The van der Waals surface area contributed by atoms with Crippen molar-refractivity contribution in [2.45, 2.75) is 24.9 Å². The molecule has 0 bridgehead atoms. The molecule has 0 amide bonds. The van der Waals surface area contributed by atoms with Crippen LogP contribution in [0.1, 0.15) is 25.3 Å². The highest BCUT2D eigenvalue weighted by Crippen LogP contribution is 2.09. The quantitative estimate of drug-likeness (QED) is 0.561. The summed E-state index contributed by atoms with van der Waals surface area (Å²) in [4.78, 5) is 18.1. The summed E-state index contributed by atoms with van der Waals surface area (Å²) < 4.78 is 0. The van der Waals surface area contributed by atoms with Gasteiger partial charge in [0.1, 0.15) is 0 Å². The molecule has 0 radical (unpaired) electrons. The van der Waals surface area contributed by atoms with Gasteiger partial charge in [0.2, 0.25) is 0 Å². The van der Waals surface area contributed by atoms with Gasteiger partial charge in [-0.1, -0.05) is 25.6 Å². The molecule has 0 aliphatic carbocycles. The molecule has 12 heavy (non-hydrogen) atoms. The molecule has 1 aromatic rings. The van der Waals surface area contributed by atoms with E-state index in [0.717, 1.165) is 5.56 Å². The minimum Gasteiger partial charge on any atom is -0.301 e. The maximum absolute atomic E-state index is 11.3. The largest absolute Gasteiger partial charge is 0.301 e. The van der Waals surface area contributed by atoms with E-state index < -0.39 is 0 Å². The molecule has 66 valence electrons. The van der Waals surface area contributed by atoms with E-state index >= 15 is 0 Å². The SMILES string of the molecule is CSc1ncc(C(C)C)c(=O)[nH]1. The molecule has 0 saturated heterocycles. The number of hydrogen-bond acceptors (Lipinski definition) is 3. The first-order valence-electron chi connectivity index (χ1n) is 3.78. The van der Waals surface area contributed by atoms with E-state index in [-0.39, 0.29) is 11.5 Å². The van der Waals surface area contributed by atoms with Gasteiger partial charge in [0.05, 0.1) is 0 Å². The predicted octanol–water partition coefficient (Wildman–Crippen LogP) is 1.62. The van der Waals surface area contributed by atoms with Gasteiger partial charge in [-0.3, -0.25) is 4.79 Å². The van der Waals surface area contributed by atoms with Crippen LogP contribution >= 0.6 is 11.8 Å². The van der Waals surface area contributed by atoms with Crippen LogP contribution in [0, 0.1) is 0 Å². The Balaban J connectivity index is 3.12. The number of rotatable bonds is 2. The van der Waals surface area contributed by atoms with Crippen molar-refractivity contribution in [3.8, 4) is 0 Å². The lowest BCUT2D eigenvalue weighted by Crippen LogP contribution is -2.15. The monoisotopic (exact) mass is 184 g/mol. The van der Waals surface area contributed by atoms with Crippen molar-refractivity contribution in [1.82, 2.24) is 9.97 Å². The maximum atomic E-state index is 11.3. The number of aromatic nitrogens is 2. The Bertz CT molecular complexity index is 319. The van der Waals surface area contributed by atoms with Crippen LogP contribution in [0.3, 0.4) is 0 Å². The van der Waals surface area contributed by atoms with E-state index in [1.807, 2.05) is 20.1 Å². The van der Waals surface area contributed by atoms with E-state index in [2.05, 4.69) is 9.97 Å². The molecule has 0 aromatic carbocycles. The number of aromatic amines is 1. The van der Waals surface area contributed by atoms with Crippen molar-refractivity contribution in [3.63, 3.8) is 0 Å². The van der Waals surface area contributed by atoms with Crippen LogP contribution in [0.15, 0.2) is 16.1 Å². The summed E-state index contributed by atoms with van der Waals surface area (Å²) in [7, 11) is 0. The molecule has 1 N–H and O–H groups in total. The second-order valence-electron chi connectivity index (χ2n) is 2.83. The van der Waals surface area contributed by atoms with E-state index in [1.165, 1.54) is 11.8 Å². The third-order valence-corrected chi connectivity index (χ3v) is 2.21. The highest BCUT2D eigenvalue weighted by molar-refractivity contribution is 7.98. The van der Waals surface area contributed by atoms with Gasteiger partial charge in [0, 0.05) is 11.8 Å². The Labute approximate surface area is 75.6 Å². The lowest BCUT2D eigenvalue weighted by atomic mass is 10.1. The third-order valence-electron chi connectivity index (χ3n) is 1.62. The highest BCUT2D eigenvalue weighted by atomic mass is 32.2. The van der Waals surface area contributed by atoms with Crippen molar-refractivity contribution in [3.05, 3.63) is 22.1 Å². The Morgan fingerprint density at radius 3 is 2.67 bits per heavy atom. The van der Waals surface area contributed by atoms with Crippen molar-refractivity contribution in [2.75, 3.05) is 6.26 Å². The fourth-order valence-corrected chi connectivity index (χ4v) is 1.26. The minimum atomic E-state index is -0.0237. The molecule has 0 fully saturated rings. The lowest BCUT2D eigenvalue weighted by molar-refractivity contribution is 0.800. The zero-order valence-corrected chi connectivity index (χ0v) is 8.23. The van der Waals surface area contributed by atoms with Crippen molar-refractivity contribution in [2.24, 2.45) is 0 Å². The molecule has 0 aliphatic heterocycles. The third kappa shape index (κ3) is 1.88. The van der Waals surface area contributed by atoms with E-state index in [1.54, 1.807) is 6.20 Å². The van der Waals surface area contributed by atoms with Crippen LogP contribution in [0.5, 0.6) is 0 Å². The molecule has 0 unspecified atom stereocenters. The lowest BCUT2D eigenvalue weighted by Gasteiger charge is -2.02. The van der Waals surface area contributed by atoms with Gasteiger partial charge in [-0.15, -0.1) is 0 Å². The Hall–Kier alpha value is -0.770. The number of nitrogens with zero attached hydrogens (tertiary/aromatic N) is 1. The van der Waals surface area contributed by atoms with Crippen molar-refractivity contribution >= 4 is 11.8 Å². The standard InChI is InChI=1S/C8H12N2OS/c1-5(2)6-4-9-8(12-3)10-7(6)11/h4-5H,1-3H3,(H,9,10,11). The smallest absolute Gasteiger partial charge is 0.254 e. The Morgan fingerprint density at radius 1 is 1.58 bits per heavy atom. The number of hydrogen-bond donors (Lipinski definition) is 1. The number of nitrogens with one attached hydrogen (secondary N) is 1. The summed E-state index contributed by atoms with van der Waals surface area (Å²) in [5, 5.41) is 0.671. The second kappa shape index (κ2) is 3.76. The van der Waals surface area contributed by atoms with Crippen LogP contribution < -0.4 is 5.56 Å². The van der Waals surface area contributed by atoms with Crippen LogP contribution in [0.25, 0.3) is 0 Å². The molecule has 0 spiro atoms. The van der Waals surface area contributed by atoms with E-state index in [9.17, 15) is 4.79 Å². The van der Waals surface area contributed by atoms with Gasteiger partial charge < -0.3 is 4.98 Å². The Kier molecular flexibility index (Phi) is 2.92. The van der Waals surface area contributed by atoms with Crippen LogP contribution in [0.4, 0.5) is 0 Å². The summed E-state index contributed by atoms with van der Waals surface area (Å²) in [5.41, 5.74) is 0.720. The van der Waals surface area contributed by atoms with Crippen LogP contribution in [-0.2, 0) is 0 Å². The summed E-state index contributed by atoms with van der Waals surface area (Å²) in [6.45, 7) is 3.95. The number of H-pyrrole nitrogens is 1. The predicted molar refractivity (Wildman–Crippen MR) is 50.7 cm³/mol. The van der Waals surface area contributed by atoms with Gasteiger partial charge in [0.25, 0.3) is 5.56 Å². The normalized spacial score (nSPS) is 10.7. The van der Waals surface area contributed by atoms with Gasteiger partial charge in [-0.05, 0) is 12.2 Å². The molecular weight excluding hydrogens is 172 g/mol. The highest BCUT2D eigenvalue weighted by Gasteiger charge is 2.05. The molecular formula is C8H12N2OS. The average Bonchev–Trinajstić information content (AvgIpc) is 2.03. The van der Waals surface area contributed by atoms with Crippen molar-refractivity contribution in [1.29, 1.82) is 0 Å². The average molecular weight is 184 g/mol. The van der Waals surface area contributed by atoms with Crippen molar-refractivity contribution < 1.29 is 0 Å². The molecule has 1 aromatic heterocycles. The molecule has 3 nitrogen and oxygen atoms in total. The molecule has 1 rings (SSSR count). The van der Waals surface area contributed by atoms with Crippen LogP contribution in [0.2, 0.25) is 0 Å². The topological polar surface area (TPSA) is 45.8 Å². The first kappa shape index (κ1) is 9.32. The number of thioether (sulfide) groups is 1. The van der Waals surface area contributed by atoms with Gasteiger partial charge in [0.15, 0.2) is 5.16 Å². The summed E-state index contributed by atoms with van der Waals surface area (Å²) in [6, 6.07) is 0. The second-order valence-corrected chi connectivity index (χ2v) is 3.63. The summed E-state index contributed by atoms with van der Waals surface area (Å²) in [6.07, 6.45) is 3.53. The fraction of sp³-hybridized carbons (Fsp3) is 0.500. The van der Waals surface area contributed by atoms with Crippen LogP contribution in [-0.4, -0.2) is 16.2 Å². The Morgan fingerprint density at radius 2 is 2.25 bits per heavy atom. The summed E-state index contributed by atoms with van der Waals surface area (Å²) >= 11 is 1.44. The van der Waals surface area contributed by atoms with E-state index in [0.29, 0.717) is 5.16 Å². The molecule has 4 heteroatoms. The van der Waals surface area contributed by atoms with Gasteiger partial charge >= 0.3 is 0 Å². The first-order valence-corrected chi connectivity index (χ1v) is 5.01. The first-order chi connectivity index (χ1) is 5.65. The van der Waals surface area contributed by atoms with E-state index in [4.69, 9.17) is 0 Å².